The highest BCUT2D eigenvalue weighted by molar-refractivity contribution is 7.15. The molecule has 4 aromatic carbocycles. The number of carbonyl (C=O) groups is 2. The van der Waals surface area contributed by atoms with Crippen molar-refractivity contribution in [2.45, 2.75) is 52.2 Å². The predicted octanol–water partition coefficient (Wildman–Crippen LogP) is 10.3. The summed E-state index contributed by atoms with van der Waals surface area (Å²) in [6.07, 6.45) is 5.38. The molecule has 53 heavy (non-hydrogen) atoms. The van der Waals surface area contributed by atoms with Gasteiger partial charge < -0.3 is 29.2 Å². The van der Waals surface area contributed by atoms with E-state index in [1.54, 1.807) is 0 Å². The molecule has 0 saturated heterocycles. The minimum atomic E-state index is -1.00. The van der Waals surface area contributed by atoms with Crippen LogP contribution >= 0.6 is 22.7 Å². The first-order chi connectivity index (χ1) is 25.6. The smallest absolute Gasteiger partial charge is 0.347 e. The fraction of sp³-hybridized carbons (Fsp3) is 0.220. The van der Waals surface area contributed by atoms with Gasteiger partial charge in [0.05, 0.1) is 12.4 Å². The zero-order valence-corrected chi connectivity index (χ0v) is 30.8. The van der Waals surface area contributed by atoms with Crippen LogP contribution in [0, 0.1) is 19.8 Å². The number of aromatic nitrogens is 2. The van der Waals surface area contributed by atoms with Crippen LogP contribution in [-0.2, 0) is 12.8 Å². The molecule has 3 unspecified atom stereocenters. The molecule has 270 valence electrons. The van der Waals surface area contributed by atoms with E-state index in [0.717, 1.165) is 70.1 Å². The number of aryl methyl sites for hydroxylation is 3. The molecule has 0 bridgehead atoms. The Hall–Kier alpha value is -5.72. The lowest BCUT2D eigenvalue weighted by atomic mass is 9.88. The largest absolute Gasteiger partial charge is 0.485 e. The number of carboxylic acid groups (broad SMARTS) is 2. The van der Waals surface area contributed by atoms with Gasteiger partial charge in [0.25, 0.3) is 10.4 Å². The van der Waals surface area contributed by atoms with E-state index in [1.165, 1.54) is 29.1 Å². The van der Waals surface area contributed by atoms with Crippen LogP contribution < -0.4 is 18.9 Å². The highest BCUT2D eigenvalue weighted by Gasteiger charge is 2.29. The summed E-state index contributed by atoms with van der Waals surface area (Å²) >= 11 is 2.02. The summed E-state index contributed by atoms with van der Waals surface area (Å²) in [6.45, 7) is 6.23. The van der Waals surface area contributed by atoms with Crippen molar-refractivity contribution in [3.63, 3.8) is 0 Å². The molecule has 8 rings (SSSR count). The number of aromatic carboxylic acids is 2. The molecule has 2 N–H and O–H groups in total. The van der Waals surface area contributed by atoms with Gasteiger partial charge in [0.1, 0.15) is 45.0 Å². The molecule has 10 nitrogen and oxygen atoms in total. The SMILES string of the molecule is CC1Cc2cc(Oc3ncc(C(=O)O)s3)ccc2OC1c1ccccc1.Cc1cc2c(cc1Oc1ncc(C(=O)O)s1)CCC(c1ccccc1C)O2. The third-order valence-corrected chi connectivity index (χ3v) is 10.8. The van der Waals surface area contributed by atoms with Gasteiger partial charge in [-0.25, -0.2) is 19.6 Å². The van der Waals surface area contributed by atoms with Crippen LogP contribution in [0.2, 0.25) is 0 Å². The lowest BCUT2D eigenvalue weighted by molar-refractivity contribution is 0.0691. The zero-order chi connectivity index (χ0) is 37.1. The minimum Gasteiger partial charge on any atom is -0.485 e. The van der Waals surface area contributed by atoms with Gasteiger partial charge in [-0.15, -0.1) is 0 Å². The van der Waals surface area contributed by atoms with Gasteiger partial charge >= 0.3 is 11.9 Å². The Labute approximate surface area is 314 Å². The van der Waals surface area contributed by atoms with E-state index < -0.39 is 11.9 Å². The first-order valence-electron chi connectivity index (χ1n) is 17.1. The van der Waals surface area contributed by atoms with Crippen molar-refractivity contribution < 1.29 is 38.7 Å². The molecule has 0 aliphatic carbocycles. The zero-order valence-electron chi connectivity index (χ0n) is 29.1. The van der Waals surface area contributed by atoms with Crippen molar-refractivity contribution in [2.24, 2.45) is 5.92 Å². The molecule has 0 radical (unpaired) electrons. The Morgan fingerprint density at radius 1 is 0.755 bits per heavy atom. The first-order valence-corrected chi connectivity index (χ1v) is 18.7. The fourth-order valence-electron chi connectivity index (χ4n) is 6.43. The number of thiazole rings is 2. The molecule has 2 aliphatic heterocycles. The van der Waals surface area contributed by atoms with E-state index in [1.807, 2.05) is 67.6 Å². The van der Waals surface area contributed by atoms with E-state index in [4.69, 9.17) is 29.2 Å². The van der Waals surface area contributed by atoms with Crippen LogP contribution in [0.1, 0.15) is 78.3 Å². The summed E-state index contributed by atoms with van der Waals surface area (Å²) in [6, 6.07) is 28.2. The van der Waals surface area contributed by atoms with Crippen LogP contribution in [-0.4, -0.2) is 32.1 Å². The quantitative estimate of drug-likeness (QED) is 0.155. The second-order valence-corrected chi connectivity index (χ2v) is 14.9. The van der Waals surface area contributed by atoms with Crippen LogP contribution in [0.5, 0.6) is 33.4 Å². The molecular weight excluding hydrogens is 713 g/mol. The Morgan fingerprint density at radius 2 is 1.43 bits per heavy atom. The van der Waals surface area contributed by atoms with Crippen LogP contribution in [0.3, 0.4) is 0 Å². The number of fused-ring (bicyclic) bond motifs is 2. The molecule has 0 saturated carbocycles. The molecular formula is C41H36N2O8S2. The number of hydrogen-bond acceptors (Lipinski definition) is 10. The molecule has 6 aromatic rings. The normalized spacial score (nSPS) is 17.2. The van der Waals surface area contributed by atoms with E-state index in [0.29, 0.717) is 27.8 Å². The molecule has 4 heterocycles. The molecule has 0 spiro atoms. The first kappa shape index (κ1) is 35.7. The number of nitrogens with zero attached hydrogens (tertiary/aromatic N) is 2. The molecule has 2 aromatic heterocycles. The maximum atomic E-state index is 11.0. The molecule has 2 aliphatic rings. The van der Waals surface area contributed by atoms with Gasteiger partial charge in [0, 0.05) is 5.92 Å². The minimum absolute atomic E-state index is 0.0348. The maximum absolute atomic E-state index is 11.0. The summed E-state index contributed by atoms with van der Waals surface area (Å²) in [5.74, 6) is 1.37. The van der Waals surface area contributed by atoms with Crippen LogP contribution in [0.15, 0.2) is 97.3 Å². The average molecular weight is 749 g/mol. The van der Waals surface area contributed by atoms with Crippen LogP contribution in [0.25, 0.3) is 0 Å². The summed E-state index contributed by atoms with van der Waals surface area (Å²) < 4.78 is 24.0. The van der Waals surface area contributed by atoms with Crippen LogP contribution in [0.4, 0.5) is 0 Å². The van der Waals surface area contributed by atoms with Crippen molar-refractivity contribution in [2.75, 3.05) is 0 Å². The Morgan fingerprint density at radius 3 is 2.11 bits per heavy atom. The lowest BCUT2D eigenvalue weighted by Crippen LogP contribution is -2.23. The molecule has 0 fully saturated rings. The Kier molecular flexibility index (Phi) is 10.4. The van der Waals surface area contributed by atoms with Crippen molar-refractivity contribution in [3.8, 4) is 33.4 Å². The second kappa shape index (κ2) is 15.5. The summed E-state index contributed by atoms with van der Waals surface area (Å²) in [5.41, 5.74) is 6.74. The Bertz CT molecular complexity index is 2270. The number of hydrogen-bond donors (Lipinski definition) is 2. The number of rotatable bonds is 8. The van der Waals surface area contributed by atoms with E-state index in [9.17, 15) is 9.59 Å². The monoisotopic (exact) mass is 748 g/mol. The third kappa shape index (κ3) is 8.19. The van der Waals surface area contributed by atoms with Crippen molar-refractivity contribution >= 4 is 34.6 Å². The van der Waals surface area contributed by atoms with Gasteiger partial charge in [0.2, 0.25) is 0 Å². The van der Waals surface area contributed by atoms with E-state index >= 15 is 0 Å². The van der Waals surface area contributed by atoms with Gasteiger partial charge in [-0.3, -0.25) is 0 Å². The topological polar surface area (TPSA) is 137 Å². The van der Waals surface area contributed by atoms with Gasteiger partial charge in [-0.1, -0.05) is 84.2 Å². The number of ether oxygens (including phenoxy) is 4. The second-order valence-electron chi connectivity index (χ2n) is 12.9. The summed E-state index contributed by atoms with van der Waals surface area (Å²) in [7, 11) is 0. The lowest BCUT2D eigenvalue weighted by Gasteiger charge is -2.32. The maximum Gasteiger partial charge on any atom is 0.347 e. The van der Waals surface area contributed by atoms with E-state index in [2.05, 4.69) is 48.1 Å². The summed E-state index contributed by atoms with van der Waals surface area (Å²) in [4.78, 5) is 30.3. The highest BCUT2D eigenvalue weighted by atomic mass is 32.1. The van der Waals surface area contributed by atoms with E-state index in [-0.39, 0.29) is 22.0 Å². The van der Waals surface area contributed by atoms with Gasteiger partial charge in [0.15, 0.2) is 0 Å². The summed E-state index contributed by atoms with van der Waals surface area (Å²) in [5, 5.41) is 18.6. The fourth-order valence-corrected chi connectivity index (χ4v) is 7.67. The molecule has 0 amide bonds. The molecule has 12 heteroatoms. The molecule has 3 atom stereocenters. The standard InChI is InChI=1S/C21H19NO4S.C20H17NO4S/c1-12-5-3-4-6-15(12)16-8-7-14-10-17(13(2)9-18(14)25-16)26-21-22-11-19(27-21)20(23)24;1-12-9-14-10-15(24-20-21-11-17(26-20)19(22)23)7-8-16(14)25-18(12)13-5-3-2-4-6-13/h3-6,9-11,16H,7-8H2,1-2H3,(H,23,24);2-8,10-12,18H,9H2,1H3,(H,22,23). The highest BCUT2D eigenvalue weighted by Crippen LogP contribution is 2.42. The Balaban J connectivity index is 0.000000164. The van der Waals surface area contributed by atoms with Crippen molar-refractivity contribution in [1.82, 2.24) is 9.97 Å². The average Bonchev–Trinajstić information content (AvgIpc) is 3.83. The predicted molar refractivity (Wildman–Crippen MR) is 201 cm³/mol. The van der Waals surface area contributed by atoms with Crippen molar-refractivity contribution in [1.29, 1.82) is 0 Å². The van der Waals surface area contributed by atoms with Crippen molar-refractivity contribution in [3.05, 3.63) is 140 Å². The van der Waals surface area contributed by atoms with Gasteiger partial charge in [-0.05, 0) is 96.8 Å². The van der Waals surface area contributed by atoms with Gasteiger partial charge in [-0.2, -0.15) is 0 Å². The third-order valence-electron chi connectivity index (χ3n) is 9.10. The number of carboxylic acids is 2. The number of benzene rings is 4.